The van der Waals surface area contributed by atoms with Gasteiger partial charge in [-0.15, -0.1) is 0 Å². The van der Waals surface area contributed by atoms with Crippen molar-refractivity contribution in [1.82, 2.24) is 0 Å². The second kappa shape index (κ2) is 4.45. The number of alkyl halides is 3. The van der Waals surface area contributed by atoms with Crippen LogP contribution in [0.4, 0.5) is 13.2 Å². The molecule has 0 heterocycles. The molecule has 0 atom stereocenters. The van der Waals surface area contributed by atoms with Crippen LogP contribution < -0.4 is 0 Å². The number of hydrogen-bond acceptors (Lipinski definition) is 0. The molecule has 2 aromatic carbocycles. The molecule has 17 heavy (non-hydrogen) atoms. The summed E-state index contributed by atoms with van der Waals surface area (Å²) in [5.41, 5.74) is 0.147. The fourth-order valence-electron chi connectivity index (χ4n) is 1.63. The van der Waals surface area contributed by atoms with E-state index in [0.717, 1.165) is 11.0 Å². The average Bonchev–Trinajstić information content (AvgIpc) is 2.29. The van der Waals surface area contributed by atoms with Gasteiger partial charge in [0.15, 0.2) is 0 Å². The van der Waals surface area contributed by atoms with E-state index in [2.05, 4.69) is 12.6 Å². The molecule has 4 heteroatoms. The molecule has 0 saturated carbocycles. The molecule has 0 radical (unpaired) electrons. The molecule has 0 saturated heterocycles. The van der Waals surface area contributed by atoms with Crippen molar-refractivity contribution < 1.29 is 13.2 Å². The Morgan fingerprint density at radius 2 is 1.41 bits per heavy atom. The fraction of sp³-hybridized carbons (Fsp3) is 0.0769. The minimum Gasteiger partial charge on any atom is -0.166 e. The second-order valence-electron chi connectivity index (χ2n) is 3.62. The van der Waals surface area contributed by atoms with Gasteiger partial charge in [-0.3, -0.25) is 0 Å². The van der Waals surface area contributed by atoms with Crippen molar-refractivity contribution in [1.29, 1.82) is 0 Å². The first-order valence-corrected chi connectivity index (χ1v) is 5.47. The van der Waals surface area contributed by atoms with Crippen molar-refractivity contribution in [3.8, 4) is 11.1 Å². The van der Waals surface area contributed by atoms with E-state index in [1.165, 1.54) is 12.1 Å². The van der Waals surface area contributed by atoms with Gasteiger partial charge in [0.1, 0.15) is 4.90 Å². The van der Waals surface area contributed by atoms with Gasteiger partial charge in [-0.05, 0) is 54.1 Å². The Kier molecular flexibility index (Phi) is 3.15. The molecular formula is C13H10F3S+. The van der Waals surface area contributed by atoms with Crippen LogP contribution in [0.5, 0.6) is 0 Å². The predicted molar refractivity (Wildman–Crippen MR) is 65.3 cm³/mol. The zero-order valence-corrected chi connectivity index (χ0v) is 9.75. The SMILES string of the molecule is FC(F)(F)c1ccccc1-c1ccc([SH2+])cc1. The van der Waals surface area contributed by atoms with Gasteiger partial charge in [0.2, 0.25) is 0 Å². The molecule has 2 aromatic rings. The quantitative estimate of drug-likeness (QED) is 0.681. The molecule has 0 aliphatic carbocycles. The molecule has 0 bridgehead atoms. The summed E-state index contributed by atoms with van der Waals surface area (Å²) in [4.78, 5) is 0.832. The molecule has 88 valence electrons. The van der Waals surface area contributed by atoms with Gasteiger partial charge in [-0.25, -0.2) is 0 Å². The number of hydrogen-bond donors (Lipinski definition) is 0. The zero-order valence-electron chi connectivity index (χ0n) is 8.75. The maximum atomic E-state index is 12.8. The van der Waals surface area contributed by atoms with Crippen molar-refractivity contribution in [3.63, 3.8) is 0 Å². The van der Waals surface area contributed by atoms with Gasteiger partial charge >= 0.3 is 6.18 Å². The van der Waals surface area contributed by atoms with Gasteiger partial charge in [0.05, 0.1) is 5.56 Å². The molecule has 0 N–H and O–H groups in total. The van der Waals surface area contributed by atoms with E-state index in [1.807, 2.05) is 0 Å². The van der Waals surface area contributed by atoms with Crippen LogP contribution >= 0.6 is 0 Å². The Bertz CT molecular complexity index is 515. The average molecular weight is 255 g/mol. The molecule has 0 amide bonds. The highest BCUT2D eigenvalue weighted by atomic mass is 32.1. The van der Waals surface area contributed by atoms with Crippen LogP contribution in [0, 0.1) is 0 Å². The Labute approximate surface area is 103 Å². The normalized spacial score (nSPS) is 11.5. The summed E-state index contributed by atoms with van der Waals surface area (Å²) >= 11 is 3.30. The van der Waals surface area contributed by atoms with Crippen molar-refractivity contribution in [3.05, 3.63) is 54.1 Å². The predicted octanol–water partition coefficient (Wildman–Crippen LogP) is 3.74. The molecular weight excluding hydrogens is 245 g/mol. The topological polar surface area (TPSA) is 0 Å². The molecule has 0 aliphatic heterocycles. The van der Waals surface area contributed by atoms with Crippen molar-refractivity contribution >= 4 is 12.6 Å². The summed E-state index contributed by atoms with van der Waals surface area (Å²) in [5, 5.41) is 0. The molecule has 0 fully saturated rings. The Balaban J connectivity index is 2.56. The summed E-state index contributed by atoms with van der Waals surface area (Å²) < 4.78 is 38.4. The van der Waals surface area contributed by atoms with Crippen LogP contribution in [0.2, 0.25) is 0 Å². The maximum absolute atomic E-state index is 12.8. The van der Waals surface area contributed by atoms with E-state index in [9.17, 15) is 13.2 Å². The molecule has 0 aromatic heterocycles. The lowest BCUT2D eigenvalue weighted by Crippen LogP contribution is -2.06. The lowest BCUT2D eigenvalue weighted by Gasteiger charge is -2.12. The van der Waals surface area contributed by atoms with Crippen molar-refractivity contribution in [2.45, 2.75) is 11.1 Å². The van der Waals surface area contributed by atoms with E-state index in [1.54, 1.807) is 30.3 Å². The number of benzene rings is 2. The molecule has 0 unspecified atom stereocenters. The highest BCUT2D eigenvalue weighted by molar-refractivity contribution is 7.58. The first-order chi connectivity index (χ1) is 7.98. The van der Waals surface area contributed by atoms with E-state index in [-0.39, 0.29) is 5.56 Å². The molecule has 2 rings (SSSR count). The minimum absolute atomic E-state index is 0.201. The summed E-state index contributed by atoms with van der Waals surface area (Å²) in [6.07, 6.45) is -4.33. The highest BCUT2D eigenvalue weighted by Gasteiger charge is 2.33. The van der Waals surface area contributed by atoms with E-state index in [0.29, 0.717) is 5.56 Å². The largest absolute Gasteiger partial charge is 0.417 e. The molecule has 0 spiro atoms. The summed E-state index contributed by atoms with van der Waals surface area (Å²) in [6.45, 7) is 0. The van der Waals surface area contributed by atoms with E-state index in [4.69, 9.17) is 0 Å². The smallest absolute Gasteiger partial charge is 0.166 e. The summed E-state index contributed by atoms with van der Waals surface area (Å²) in [5.74, 6) is 0. The summed E-state index contributed by atoms with van der Waals surface area (Å²) in [7, 11) is 0. The van der Waals surface area contributed by atoms with Crippen LogP contribution in [-0.4, -0.2) is 0 Å². The Morgan fingerprint density at radius 1 is 0.824 bits per heavy atom. The lowest BCUT2D eigenvalue weighted by atomic mass is 9.99. The van der Waals surface area contributed by atoms with Crippen LogP contribution in [-0.2, 0) is 18.8 Å². The number of halogens is 3. The zero-order chi connectivity index (χ0) is 12.5. The molecule has 0 aliphatic rings. The lowest BCUT2D eigenvalue weighted by molar-refractivity contribution is -0.137. The van der Waals surface area contributed by atoms with Crippen LogP contribution in [0.3, 0.4) is 0 Å². The first kappa shape index (κ1) is 12.0. The number of rotatable bonds is 1. The van der Waals surface area contributed by atoms with E-state index >= 15 is 0 Å². The van der Waals surface area contributed by atoms with E-state index < -0.39 is 11.7 Å². The van der Waals surface area contributed by atoms with Gasteiger partial charge in [0, 0.05) is 0 Å². The van der Waals surface area contributed by atoms with Crippen molar-refractivity contribution in [2.75, 3.05) is 0 Å². The third-order valence-electron chi connectivity index (χ3n) is 2.43. The minimum atomic E-state index is -4.33. The van der Waals surface area contributed by atoms with Gasteiger partial charge in [-0.2, -0.15) is 13.2 Å². The monoisotopic (exact) mass is 255 g/mol. The van der Waals surface area contributed by atoms with Gasteiger partial charge in [0.25, 0.3) is 0 Å². The first-order valence-electron chi connectivity index (χ1n) is 4.97. The van der Waals surface area contributed by atoms with Crippen LogP contribution in [0.1, 0.15) is 5.56 Å². The van der Waals surface area contributed by atoms with Crippen LogP contribution in [0.25, 0.3) is 11.1 Å². The van der Waals surface area contributed by atoms with Gasteiger partial charge < -0.3 is 0 Å². The maximum Gasteiger partial charge on any atom is 0.417 e. The third-order valence-corrected chi connectivity index (χ3v) is 2.76. The van der Waals surface area contributed by atoms with Gasteiger partial charge in [-0.1, -0.05) is 18.2 Å². The summed E-state index contributed by atoms with van der Waals surface area (Å²) in [6, 6.07) is 12.3. The fourth-order valence-corrected chi connectivity index (χ4v) is 1.80. The Morgan fingerprint density at radius 3 is 2.00 bits per heavy atom. The Hall–Kier alpha value is -1.42. The second-order valence-corrected chi connectivity index (χ2v) is 4.20. The third kappa shape index (κ3) is 2.64. The standard InChI is InChI=1S/C13H9F3S/c14-13(15,16)12-4-2-1-3-11(12)9-5-7-10(17)8-6-9/h1-8,17H/p+1. The highest BCUT2D eigenvalue weighted by Crippen LogP contribution is 2.36. The van der Waals surface area contributed by atoms with Crippen LogP contribution in [0.15, 0.2) is 53.4 Å². The molecule has 0 nitrogen and oxygen atoms in total. The van der Waals surface area contributed by atoms with Crippen molar-refractivity contribution in [2.24, 2.45) is 0 Å².